The average molecular weight is 669 g/mol. The Kier molecular flexibility index (Phi) is 11.7. The quantitative estimate of drug-likeness (QED) is 0.272. The van der Waals surface area contributed by atoms with Crippen molar-refractivity contribution in [3.63, 3.8) is 0 Å². The minimum Gasteiger partial charge on any atom is -0.475 e. The number of nitrogens with zero attached hydrogens (tertiary/aromatic N) is 2. The first-order valence-corrected chi connectivity index (χ1v) is 14.0. The Bertz CT molecular complexity index is 1320. The fourth-order valence-electron chi connectivity index (χ4n) is 5.11. The molecule has 0 aromatic heterocycles. The van der Waals surface area contributed by atoms with Gasteiger partial charge in [0.2, 0.25) is 11.8 Å². The van der Waals surface area contributed by atoms with Crippen LogP contribution in [-0.4, -0.2) is 107 Å². The summed E-state index contributed by atoms with van der Waals surface area (Å²) >= 11 is 0. The maximum absolute atomic E-state index is 13.0. The molecule has 0 spiro atoms. The molecule has 3 fully saturated rings. The van der Waals surface area contributed by atoms with Gasteiger partial charge in [0.15, 0.2) is 0 Å². The van der Waals surface area contributed by atoms with Crippen LogP contribution in [0.3, 0.4) is 0 Å². The van der Waals surface area contributed by atoms with E-state index in [4.69, 9.17) is 24.5 Å². The monoisotopic (exact) mass is 668 g/mol. The summed E-state index contributed by atoms with van der Waals surface area (Å²) in [7, 11) is 0. The van der Waals surface area contributed by atoms with Gasteiger partial charge in [-0.1, -0.05) is 0 Å². The first-order chi connectivity index (χ1) is 21.4. The summed E-state index contributed by atoms with van der Waals surface area (Å²) in [5.74, 6) is -7.42. The Hall–Kier alpha value is -4.26. The van der Waals surface area contributed by atoms with Gasteiger partial charge in [0.1, 0.15) is 6.04 Å². The van der Waals surface area contributed by atoms with Crippen LogP contribution in [0, 0.1) is 0 Å². The van der Waals surface area contributed by atoms with Gasteiger partial charge in [0.05, 0.1) is 23.3 Å². The van der Waals surface area contributed by atoms with Crippen LogP contribution in [0.25, 0.3) is 0 Å². The summed E-state index contributed by atoms with van der Waals surface area (Å²) in [4.78, 5) is 70.6. The number of rotatable bonds is 4. The van der Waals surface area contributed by atoms with Crippen LogP contribution in [0.1, 0.15) is 59.2 Å². The van der Waals surface area contributed by atoms with Gasteiger partial charge in [-0.2, -0.15) is 26.3 Å². The molecule has 4 amide bonds. The highest BCUT2D eigenvalue weighted by Gasteiger charge is 2.45. The number of imide groups is 2. The fourth-order valence-corrected chi connectivity index (χ4v) is 5.11. The fraction of sp³-hybridized carbons (Fsp3) is 0.556. The van der Waals surface area contributed by atoms with Crippen molar-refractivity contribution in [2.24, 2.45) is 0 Å². The van der Waals surface area contributed by atoms with Gasteiger partial charge in [-0.25, -0.2) is 9.59 Å². The molecule has 3 saturated heterocycles. The molecule has 4 heterocycles. The number of ether oxygens (including phenoxy) is 1. The van der Waals surface area contributed by atoms with E-state index in [2.05, 4.69) is 15.5 Å². The molecule has 0 radical (unpaired) electrons. The number of nitrogens with one attached hydrogen (secondary N) is 2. The van der Waals surface area contributed by atoms with Crippen LogP contribution >= 0.6 is 0 Å². The summed E-state index contributed by atoms with van der Waals surface area (Å²) in [5, 5.41) is 19.8. The lowest BCUT2D eigenvalue weighted by molar-refractivity contribution is -0.193. The Balaban J connectivity index is 0.000000345. The Morgan fingerprint density at radius 1 is 0.783 bits per heavy atom. The van der Waals surface area contributed by atoms with Gasteiger partial charge >= 0.3 is 24.3 Å². The van der Waals surface area contributed by atoms with E-state index in [0.29, 0.717) is 17.2 Å². The van der Waals surface area contributed by atoms with Crippen molar-refractivity contribution < 1.29 is 70.1 Å². The highest BCUT2D eigenvalue weighted by molar-refractivity contribution is 6.23. The van der Waals surface area contributed by atoms with Crippen LogP contribution in [0.15, 0.2) is 18.2 Å². The highest BCUT2D eigenvalue weighted by atomic mass is 19.4. The van der Waals surface area contributed by atoms with Crippen LogP contribution in [-0.2, 0) is 23.9 Å². The number of halogens is 6. The van der Waals surface area contributed by atoms with Crippen molar-refractivity contribution in [1.29, 1.82) is 0 Å². The minimum atomic E-state index is -5.08. The molecule has 4 aliphatic rings. The van der Waals surface area contributed by atoms with Crippen LogP contribution in [0.4, 0.5) is 32.0 Å². The number of carbonyl (C=O) groups excluding carboxylic acids is 4. The Morgan fingerprint density at radius 3 is 1.78 bits per heavy atom. The normalized spacial score (nSPS) is 21.0. The number of carboxylic acids is 2. The topological polar surface area (TPSA) is 183 Å². The van der Waals surface area contributed by atoms with Gasteiger partial charge < -0.3 is 25.2 Å². The molecule has 0 bridgehead atoms. The summed E-state index contributed by atoms with van der Waals surface area (Å²) in [6.07, 6.45) is -5.32. The largest absolute Gasteiger partial charge is 0.490 e. The van der Waals surface area contributed by atoms with Crippen molar-refractivity contribution in [2.75, 3.05) is 31.1 Å². The summed E-state index contributed by atoms with van der Waals surface area (Å²) in [5.41, 5.74) is 1.54. The van der Waals surface area contributed by atoms with E-state index in [1.165, 1.54) is 0 Å². The lowest BCUT2D eigenvalue weighted by atomic mass is 10.0. The molecule has 4 N–H and O–H groups in total. The van der Waals surface area contributed by atoms with Gasteiger partial charge in [-0.05, 0) is 63.4 Å². The van der Waals surface area contributed by atoms with Crippen LogP contribution < -0.4 is 15.5 Å². The van der Waals surface area contributed by atoms with Crippen LogP contribution in [0.2, 0.25) is 0 Å². The van der Waals surface area contributed by atoms with Crippen molar-refractivity contribution in [1.82, 2.24) is 15.5 Å². The second kappa shape index (κ2) is 14.9. The number of amides is 4. The second-order valence-corrected chi connectivity index (χ2v) is 10.6. The number of carbonyl (C=O) groups is 6. The molecule has 0 aliphatic carbocycles. The molecule has 1 aromatic rings. The van der Waals surface area contributed by atoms with Crippen molar-refractivity contribution in [2.45, 2.75) is 69.1 Å². The molecule has 19 heteroatoms. The third kappa shape index (κ3) is 9.38. The number of carboxylic acid groups (broad SMARTS) is 2. The smallest absolute Gasteiger partial charge is 0.475 e. The first-order valence-electron chi connectivity index (χ1n) is 14.0. The van der Waals surface area contributed by atoms with Gasteiger partial charge in [-0.3, -0.25) is 29.4 Å². The van der Waals surface area contributed by atoms with Crippen molar-refractivity contribution >= 4 is 41.3 Å². The third-order valence-corrected chi connectivity index (χ3v) is 7.39. The number of hydrogen-bond donors (Lipinski definition) is 4. The summed E-state index contributed by atoms with van der Waals surface area (Å²) in [6, 6.07) is 4.36. The molecule has 4 aliphatic heterocycles. The molecule has 1 unspecified atom stereocenters. The lowest BCUT2D eigenvalue weighted by Crippen LogP contribution is -2.54. The molecule has 0 saturated carbocycles. The van der Waals surface area contributed by atoms with E-state index in [1.54, 1.807) is 12.1 Å². The number of alkyl halides is 6. The number of anilines is 1. The number of piperidine rings is 3. The maximum Gasteiger partial charge on any atom is 0.490 e. The predicted octanol–water partition coefficient (Wildman–Crippen LogP) is 2.09. The SMILES string of the molecule is O=C(O)C(F)(F)F.O=C(O)C(F)(F)F.O=C1CCC(N2C(=O)c3ccc(N4CCC(OC5CCNCC5)CC4)cc3C2=O)C(=O)N1. The molecule has 13 nitrogen and oxygen atoms in total. The van der Waals surface area contributed by atoms with E-state index in [9.17, 15) is 45.5 Å². The number of benzene rings is 1. The zero-order valence-electron chi connectivity index (χ0n) is 23.9. The number of hydrogen-bond acceptors (Lipinski definition) is 9. The molecule has 1 atom stereocenters. The second-order valence-electron chi connectivity index (χ2n) is 10.6. The van der Waals surface area contributed by atoms with Gasteiger partial charge in [0.25, 0.3) is 11.8 Å². The van der Waals surface area contributed by atoms with Gasteiger partial charge in [0, 0.05) is 25.2 Å². The first kappa shape index (κ1) is 36.2. The van der Waals surface area contributed by atoms with E-state index in [-0.39, 0.29) is 24.9 Å². The lowest BCUT2D eigenvalue weighted by Gasteiger charge is -2.36. The van der Waals surface area contributed by atoms with E-state index in [0.717, 1.165) is 62.4 Å². The maximum atomic E-state index is 13.0. The molecular weight excluding hydrogens is 638 g/mol. The molecule has 254 valence electrons. The Morgan fingerprint density at radius 2 is 1.28 bits per heavy atom. The number of aliphatic carboxylic acids is 2. The van der Waals surface area contributed by atoms with Crippen molar-refractivity contribution in [3.8, 4) is 0 Å². The summed E-state index contributed by atoms with van der Waals surface area (Å²) in [6.45, 7) is 3.68. The van der Waals surface area contributed by atoms with Crippen molar-refractivity contribution in [3.05, 3.63) is 29.3 Å². The van der Waals surface area contributed by atoms with Gasteiger partial charge in [-0.15, -0.1) is 0 Å². The predicted molar refractivity (Wildman–Crippen MR) is 143 cm³/mol. The zero-order valence-corrected chi connectivity index (χ0v) is 23.9. The zero-order chi connectivity index (χ0) is 34.4. The van der Waals surface area contributed by atoms with E-state index in [1.807, 2.05) is 6.07 Å². The summed E-state index contributed by atoms with van der Waals surface area (Å²) < 4.78 is 69.8. The standard InChI is InChI=1S/C23H28N4O5.2C2HF3O2/c28-20-4-3-19(21(29)25-20)27-22(30)17-2-1-14(13-18(17)23(27)31)26-11-7-16(8-12-26)32-15-5-9-24-10-6-15;2*3-2(4,5)1(6)7/h1-2,13,15-16,19,24H,3-12H2,(H,25,28,29);2*(H,6,7). The Labute approximate surface area is 256 Å². The van der Waals surface area contributed by atoms with E-state index >= 15 is 0 Å². The van der Waals surface area contributed by atoms with E-state index < -0.39 is 48.1 Å². The average Bonchev–Trinajstić information content (AvgIpc) is 3.22. The van der Waals surface area contributed by atoms with Crippen LogP contribution in [0.5, 0.6) is 0 Å². The molecule has 1 aromatic carbocycles. The molecule has 46 heavy (non-hydrogen) atoms. The molecule has 5 rings (SSSR count). The minimum absolute atomic E-state index is 0.115. The highest BCUT2D eigenvalue weighted by Crippen LogP contribution is 2.32. The number of fused-ring (bicyclic) bond motifs is 1. The third-order valence-electron chi connectivity index (χ3n) is 7.39. The molecular formula is C27H30F6N4O9.